The van der Waals surface area contributed by atoms with E-state index in [1.165, 1.54) is 12.7 Å². The number of esters is 1. The number of Topliss-reactive ketones (excluding diaryl/α,β-unsaturated/α-hetero) is 1. The van der Waals surface area contributed by atoms with Crippen LogP contribution in [0.15, 0.2) is 42.6 Å². The van der Waals surface area contributed by atoms with E-state index in [1.807, 2.05) is 18.3 Å². The summed E-state index contributed by atoms with van der Waals surface area (Å²) in [4.78, 5) is 25.2. The van der Waals surface area contributed by atoms with E-state index >= 15 is 0 Å². The summed E-state index contributed by atoms with van der Waals surface area (Å²) in [6, 6.07) is 8.23. The SMILES string of the molecule is C=C1C(=O)[C@](C)(C(=O)OC)[C@H](CCc2cn(Cc3cccc(C)c3)nn2)O[C@@H]1C. The fraction of sp³-hybridized carbons (Fsp3) is 0.455. The molecular weight excluding hydrogens is 370 g/mol. The normalized spacial score (nSPS) is 24.6. The Hall–Kier alpha value is -2.80. The van der Waals surface area contributed by atoms with Gasteiger partial charge in [-0.3, -0.25) is 9.59 Å². The van der Waals surface area contributed by atoms with Crippen molar-refractivity contribution in [3.63, 3.8) is 0 Å². The minimum Gasteiger partial charge on any atom is -0.468 e. The van der Waals surface area contributed by atoms with Gasteiger partial charge >= 0.3 is 5.97 Å². The highest BCUT2D eigenvalue weighted by molar-refractivity contribution is 6.13. The largest absolute Gasteiger partial charge is 0.468 e. The summed E-state index contributed by atoms with van der Waals surface area (Å²) in [5.41, 5.74) is 2.00. The monoisotopic (exact) mass is 397 g/mol. The highest BCUT2D eigenvalue weighted by Crippen LogP contribution is 2.39. The molecule has 1 fully saturated rings. The summed E-state index contributed by atoms with van der Waals surface area (Å²) in [6.07, 6.45) is 1.78. The summed E-state index contributed by atoms with van der Waals surface area (Å²) in [5, 5.41) is 8.41. The quantitative estimate of drug-likeness (QED) is 0.423. The van der Waals surface area contributed by atoms with Crippen molar-refractivity contribution in [2.75, 3.05) is 7.11 Å². The van der Waals surface area contributed by atoms with Crippen LogP contribution in [0.4, 0.5) is 0 Å². The zero-order valence-electron chi connectivity index (χ0n) is 17.3. The molecule has 2 heterocycles. The lowest BCUT2D eigenvalue weighted by atomic mass is 9.72. The van der Waals surface area contributed by atoms with Gasteiger partial charge in [0.25, 0.3) is 0 Å². The number of hydrogen-bond donors (Lipinski definition) is 0. The number of ketones is 1. The molecule has 0 amide bonds. The Balaban J connectivity index is 1.71. The third-order valence-electron chi connectivity index (χ3n) is 5.55. The molecule has 0 unspecified atom stereocenters. The minimum absolute atomic E-state index is 0.290. The summed E-state index contributed by atoms with van der Waals surface area (Å²) < 4.78 is 12.6. The van der Waals surface area contributed by atoms with Crippen molar-refractivity contribution in [1.82, 2.24) is 15.0 Å². The Kier molecular flexibility index (Phi) is 5.98. The topological polar surface area (TPSA) is 83.3 Å². The van der Waals surface area contributed by atoms with Crippen LogP contribution in [0, 0.1) is 12.3 Å². The van der Waals surface area contributed by atoms with Gasteiger partial charge in [-0.2, -0.15) is 0 Å². The molecule has 0 spiro atoms. The number of aryl methyl sites for hydroxylation is 2. The molecule has 1 aromatic heterocycles. The second kappa shape index (κ2) is 8.29. The van der Waals surface area contributed by atoms with Crippen molar-refractivity contribution < 1.29 is 19.1 Å². The lowest BCUT2D eigenvalue weighted by molar-refractivity contribution is -0.175. The van der Waals surface area contributed by atoms with Crippen LogP contribution >= 0.6 is 0 Å². The van der Waals surface area contributed by atoms with Gasteiger partial charge in [-0.25, -0.2) is 4.68 Å². The van der Waals surface area contributed by atoms with Crippen LogP contribution in [0.1, 0.15) is 37.1 Å². The Morgan fingerprint density at radius 3 is 2.86 bits per heavy atom. The van der Waals surface area contributed by atoms with Gasteiger partial charge in [0.1, 0.15) is 0 Å². The van der Waals surface area contributed by atoms with Crippen LogP contribution in [0.5, 0.6) is 0 Å². The molecule has 1 aromatic carbocycles. The number of hydrogen-bond acceptors (Lipinski definition) is 6. The van der Waals surface area contributed by atoms with Gasteiger partial charge in [0.05, 0.1) is 31.6 Å². The maximum absolute atomic E-state index is 12.8. The molecule has 0 saturated carbocycles. The van der Waals surface area contributed by atoms with Crippen LogP contribution in [0.3, 0.4) is 0 Å². The van der Waals surface area contributed by atoms with Crippen LogP contribution in [0.2, 0.25) is 0 Å². The van der Waals surface area contributed by atoms with Crippen LogP contribution in [-0.2, 0) is 32.0 Å². The molecular formula is C22H27N3O4. The summed E-state index contributed by atoms with van der Waals surface area (Å²) in [6.45, 7) is 9.80. The molecule has 154 valence electrons. The van der Waals surface area contributed by atoms with Crippen molar-refractivity contribution in [2.45, 2.75) is 52.4 Å². The van der Waals surface area contributed by atoms with Gasteiger partial charge in [-0.05, 0) is 39.2 Å². The van der Waals surface area contributed by atoms with Gasteiger partial charge in [0.15, 0.2) is 11.2 Å². The van der Waals surface area contributed by atoms with E-state index in [9.17, 15) is 9.59 Å². The molecule has 1 saturated heterocycles. The summed E-state index contributed by atoms with van der Waals surface area (Å²) in [7, 11) is 1.27. The Morgan fingerprint density at radius 1 is 1.41 bits per heavy atom. The van der Waals surface area contributed by atoms with Crippen molar-refractivity contribution in [2.24, 2.45) is 5.41 Å². The third-order valence-corrected chi connectivity index (χ3v) is 5.55. The Labute approximate surface area is 170 Å². The molecule has 0 bridgehead atoms. The highest BCUT2D eigenvalue weighted by Gasteiger charge is 2.54. The number of aromatic nitrogens is 3. The Bertz CT molecular complexity index is 936. The van der Waals surface area contributed by atoms with Crippen molar-refractivity contribution in [3.05, 3.63) is 59.4 Å². The van der Waals surface area contributed by atoms with E-state index in [2.05, 4.69) is 35.9 Å². The van der Waals surface area contributed by atoms with Gasteiger partial charge in [0.2, 0.25) is 0 Å². The zero-order valence-corrected chi connectivity index (χ0v) is 17.3. The zero-order chi connectivity index (χ0) is 21.2. The highest BCUT2D eigenvalue weighted by atomic mass is 16.5. The number of benzene rings is 1. The van der Waals surface area contributed by atoms with E-state index in [0.717, 1.165) is 11.3 Å². The number of carbonyl (C=O) groups is 2. The fourth-order valence-electron chi connectivity index (χ4n) is 3.73. The number of nitrogens with zero attached hydrogens (tertiary/aromatic N) is 3. The maximum atomic E-state index is 12.8. The molecule has 0 radical (unpaired) electrons. The first-order valence-corrected chi connectivity index (χ1v) is 9.67. The van der Waals surface area contributed by atoms with Crippen molar-refractivity contribution >= 4 is 11.8 Å². The summed E-state index contributed by atoms with van der Waals surface area (Å²) >= 11 is 0. The molecule has 1 aliphatic heterocycles. The molecule has 1 aliphatic rings. The van der Waals surface area contributed by atoms with Gasteiger partial charge < -0.3 is 9.47 Å². The molecule has 2 aromatic rings. The van der Waals surface area contributed by atoms with Crippen molar-refractivity contribution in [1.29, 1.82) is 0 Å². The third kappa shape index (κ3) is 4.15. The Morgan fingerprint density at radius 2 is 2.17 bits per heavy atom. The number of methoxy groups -OCH3 is 1. The predicted octanol–water partition coefficient (Wildman–Crippen LogP) is 2.66. The minimum atomic E-state index is -1.41. The second-order valence-electron chi connectivity index (χ2n) is 7.75. The van der Waals surface area contributed by atoms with Gasteiger partial charge in [-0.1, -0.05) is 41.6 Å². The number of carbonyl (C=O) groups excluding carboxylic acids is 2. The molecule has 3 rings (SSSR count). The number of rotatable bonds is 6. The predicted molar refractivity (Wildman–Crippen MR) is 107 cm³/mol. The molecule has 29 heavy (non-hydrogen) atoms. The average molecular weight is 397 g/mol. The van der Waals surface area contributed by atoms with E-state index in [1.54, 1.807) is 18.5 Å². The average Bonchev–Trinajstić information content (AvgIpc) is 3.14. The fourth-order valence-corrected chi connectivity index (χ4v) is 3.73. The van der Waals surface area contributed by atoms with E-state index in [0.29, 0.717) is 25.0 Å². The van der Waals surface area contributed by atoms with Crippen LogP contribution in [-0.4, -0.2) is 46.1 Å². The van der Waals surface area contributed by atoms with E-state index < -0.39 is 23.6 Å². The van der Waals surface area contributed by atoms with Crippen molar-refractivity contribution in [3.8, 4) is 0 Å². The second-order valence-corrected chi connectivity index (χ2v) is 7.75. The molecule has 7 heteroatoms. The number of ether oxygens (including phenoxy) is 2. The van der Waals surface area contributed by atoms with Gasteiger partial charge in [0, 0.05) is 11.8 Å². The first kappa shape index (κ1) is 20.9. The molecule has 7 nitrogen and oxygen atoms in total. The first-order chi connectivity index (χ1) is 13.8. The molecule has 0 aliphatic carbocycles. The first-order valence-electron chi connectivity index (χ1n) is 9.67. The van der Waals surface area contributed by atoms with E-state index in [-0.39, 0.29) is 5.78 Å². The standard InChI is InChI=1S/C22H27N3O4/c1-14-7-6-8-17(11-14)12-25-13-18(23-24-25)9-10-19-22(4,21(27)28-5)20(26)15(2)16(3)29-19/h6-8,11,13,16,19H,2,9-10,12H2,1,3-5H3/t16-,19+,22-/m1/s1. The molecule has 3 atom stereocenters. The van der Waals surface area contributed by atoms with E-state index in [4.69, 9.17) is 9.47 Å². The van der Waals surface area contributed by atoms with Crippen LogP contribution in [0.25, 0.3) is 0 Å². The van der Waals surface area contributed by atoms with Crippen LogP contribution < -0.4 is 0 Å². The summed E-state index contributed by atoms with van der Waals surface area (Å²) in [5.74, 6) is -0.931. The lowest BCUT2D eigenvalue weighted by Crippen LogP contribution is -2.55. The van der Waals surface area contributed by atoms with Gasteiger partial charge in [-0.15, -0.1) is 5.10 Å². The lowest BCUT2D eigenvalue weighted by Gasteiger charge is -2.41. The molecule has 0 N–H and O–H groups in total. The smallest absolute Gasteiger partial charge is 0.322 e. The maximum Gasteiger partial charge on any atom is 0.322 e.